The molecule has 2 N–H and O–H groups in total. The first-order valence-corrected chi connectivity index (χ1v) is 5.69. The van der Waals surface area contributed by atoms with Gasteiger partial charge in [0.15, 0.2) is 0 Å². The second-order valence-corrected chi connectivity index (χ2v) is 4.69. The monoisotopic (exact) mass is 293 g/mol. The third kappa shape index (κ3) is 3.72. The SMILES string of the molecule is Cc1cc(Br)cc(CC(C)N)c1OC(F)F. The minimum atomic E-state index is -2.81. The molecule has 0 saturated heterocycles. The fraction of sp³-hybridized carbons (Fsp3) is 0.455. The highest BCUT2D eigenvalue weighted by Gasteiger charge is 2.14. The van der Waals surface area contributed by atoms with E-state index in [0.717, 1.165) is 4.47 Å². The number of hydrogen-bond donors (Lipinski definition) is 1. The highest BCUT2D eigenvalue weighted by molar-refractivity contribution is 9.10. The number of halogens is 3. The Morgan fingerprint density at radius 2 is 2.06 bits per heavy atom. The maximum atomic E-state index is 12.3. The molecule has 0 aliphatic rings. The van der Waals surface area contributed by atoms with Gasteiger partial charge in [0.2, 0.25) is 0 Å². The number of nitrogens with two attached hydrogens (primary N) is 1. The van der Waals surface area contributed by atoms with E-state index in [1.165, 1.54) is 0 Å². The van der Waals surface area contributed by atoms with Gasteiger partial charge in [0, 0.05) is 10.5 Å². The lowest BCUT2D eigenvalue weighted by Crippen LogP contribution is -2.19. The molecule has 0 bridgehead atoms. The Kier molecular flexibility index (Phi) is 4.68. The van der Waals surface area contributed by atoms with Gasteiger partial charge >= 0.3 is 6.61 Å². The van der Waals surface area contributed by atoms with Crippen molar-refractivity contribution in [3.05, 3.63) is 27.7 Å². The Balaban J connectivity index is 3.10. The third-order valence-corrected chi connectivity index (χ3v) is 2.52. The van der Waals surface area contributed by atoms with Crippen LogP contribution in [0.4, 0.5) is 8.78 Å². The van der Waals surface area contributed by atoms with E-state index in [9.17, 15) is 8.78 Å². The van der Waals surface area contributed by atoms with Crippen LogP contribution in [-0.4, -0.2) is 12.7 Å². The number of aryl methyl sites for hydroxylation is 1. The summed E-state index contributed by atoms with van der Waals surface area (Å²) in [6, 6.07) is 3.39. The van der Waals surface area contributed by atoms with Crippen LogP contribution >= 0.6 is 15.9 Å². The number of hydrogen-bond acceptors (Lipinski definition) is 2. The second-order valence-electron chi connectivity index (χ2n) is 3.77. The van der Waals surface area contributed by atoms with Crippen LogP contribution < -0.4 is 10.5 Å². The molecule has 0 aliphatic carbocycles. The molecule has 1 rings (SSSR count). The first-order valence-electron chi connectivity index (χ1n) is 4.89. The summed E-state index contributed by atoms with van der Waals surface area (Å²) in [6.07, 6.45) is 0.502. The zero-order valence-electron chi connectivity index (χ0n) is 9.14. The largest absolute Gasteiger partial charge is 0.434 e. The third-order valence-electron chi connectivity index (χ3n) is 2.07. The van der Waals surface area contributed by atoms with Crippen molar-refractivity contribution in [2.24, 2.45) is 5.73 Å². The maximum Gasteiger partial charge on any atom is 0.387 e. The molecule has 5 heteroatoms. The van der Waals surface area contributed by atoms with Crippen LogP contribution in [0, 0.1) is 6.92 Å². The summed E-state index contributed by atoms with van der Waals surface area (Å²) < 4.78 is 29.9. The van der Waals surface area contributed by atoms with E-state index in [1.54, 1.807) is 19.1 Å². The lowest BCUT2D eigenvalue weighted by molar-refractivity contribution is -0.0509. The van der Waals surface area contributed by atoms with Crippen molar-refractivity contribution in [2.75, 3.05) is 0 Å². The smallest absolute Gasteiger partial charge is 0.387 e. The highest BCUT2D eigenvalue weighted by Crippen LogP contribution is 2.30. The predicted octanol–water partition coefficient (Wildman–Crippen LogP) is 3.25. The predicted molar refractivity (Wildman–Crippen MR) is 62.9 cm³/mol. The topological polar surface area (TPSA) is 35.2 Å². The van der Waals surface area contributed by atoms with Crippen LogP contribution in [-0.2, 0) is 6.42 Å². The molecule has 16 heavy (non-hydrogen) atoms. The number of alkyl halides is 2. The van der Waals surface area contributed by atoms with Crippen molar-refractivity contribution in [3.8, 4) is 5.75 Å². The van der Waals surface area contributed by atoms with Gasteiger partial charge in [-0.2, -0.15) is 8.78 Å². The van der Waals surface area contributed by atoms with Crippen molar-refractivity contribution in [2.45, 2.75) is 32.9 Å². The Hall–Kier alpha value is -0.680. The first-order chi connectivity index (χ1) is 7.40. The first kappa shape index (κ1) is 13.4. The average Bonchev–Trinajstić information content (AvgIpc) is 2.09. The van der Waals surface area contributed by atoms with Gasteiger partial charge in [0.25, 0.3) is 0 Å². The summed E-state index contributed by atoms with van der Waals surface area (Å²) >= 11 is 3.32. The fourth-order valence-electron chi connectivity index (χ4n) is 1.56. The normalized spacial score (nSPS) is 12.9. The van der Waals surface area contributed by atoms with Gasteiger partial charge in [-0.1, -0.05) is 15.9 Å². The molecule has 0 radical (unpaired) electrons. The van der Waals surface area contributed by atoms with Crippen LogP contribution in [0.2, 0.25) is 0 Å². The van der Waals surface area contributed by atoms with Gasteiger partial charge in [-0.05, 0) is 43.5 Å². The van der Waals surface area contributed by atoms with Crippen LogP contribution in [0.25, 0.3) is 0 Å². The maximum absolute atomic E-state index is 12.3. The van der Waals surface area contributed by atoms with Gasteiger partial charge in [0.05, 0.1) is 0 Å². The molecule has 0 saturated carbocycles. The van der Waals surface area contributed by atoms with Gasteiger partial charge in [-0.25, -0.2) is 0 Å². The summed E-state index contributed by atoms with van der Waals surface area (Å²) in [5.74, 6) is 0.232. The number of ether oxygens (including phenoxy) is 1. The Bertz CT molecular complexity index is 369. The van der Waals surface area contributed by atoms with Crippen LogP contribution in [0.15, 0.2) is 16.6 Å². The average molecular weight is 294 g/mol. The van der Waals surface area contributed by atoms with E-state index in [0.29, 0.717) is 17.5 Å². The molecule has 1 unspecified atom stereocenters. The molecule has 0 aromatic heterocycles. The van der Waals surface area contributed by atoms with E-state index in [1.807, 2.05) is 6.92 Å². The minimum absolute atomic E-state index is 0.103. The lowest BCUT2D eigenvalue weighted by Gasteiger charge is -2.15. The Morgan fingerprint density at radius 3 is 2.56 bits per heavy atom. The molecule has 1 atom stereocenters. The summed E-state index contributed by atoms with van der Waals surface area (Å²) in [5.41, 5.74) is 7.03. The summed E-state index contributed by atoms with van der Waals surface area (Å²) in [7, 11) is 0. The molecule has 0 heterocycles. The molecule has 0 spiro atoms. The molecular formula is C11H14BrF2NO. The van der Waals surface area contributed by atoms with Crippen LogP contribution in [0.3, 0.4) is 0 Å². The van der Waals surface area contributed by atoms with Gasteiger partial charge in [-0.3, -0.25) is 0 Å². The van der Waals surface area contributed by atoms with Gasteiger partial charge < -0.3 is 10.5 Å². The highest BCUT2D eigenvalue weighted by atomic mass is 79.9. The van der Waals surface area contributed by atoms with Crippen molar-refractivity contribution in [3.63, 3.8) is 0 Å². The lowest BCUT2D eigenvalue weighted by atomic mass is 10.0. The van der Waals surface area contributed by atoms with Crippen molar-refractivity contribution >= 4 is 15.9 Å². The van der Waals surface area contributed by atoms with Crippen LogP contribution in [0.1, 0.15) is 18.1 Å². The number of rotatable bonds is 4. The van der Waals surface area contributed by atoms with Crippen molar-refractivity contribution < 1.29 is 13.5 Å². The van der Waals surface area contributed by atoms with Gasteiger partial charge in [0.1, 0.15) is 5.75 Å². The summed E-state index contributed by atoms with van der Waals surface area (Å²) in [5, 5.41) is 0. The van der Waals surface area contributed by atoms with Crippen molar-refractivity contribution in [1.29, 1.82) is 0 Å². The second kappa shape index (κ2) is 5.59. The molecule has 0 fully saturated rings. The molecular weight excluding hydrogens is 280 g/mol. The van der Waals surface area contributed by atoms with E-state index in [-0.39, 0.29) is 11.8 Å². The summed E-state index contributed by atoms with van der Waals surface area (Å²) in [6.45, 7) is 0.738. The van der Waals surface area contributed by atoms with E-state index >= 15 is 0 Å². The Labute approximate surface area is 102 Å². The quantitative estimate of drug-likeness (QED) is 0.925. The number of benzene rings is 1. The molecule has 1 aromatic rings. The summed E-state index contributed by atoms with van der Waals surface area (Å²) in [4.78, 5) is 0. The Morgan fingerprint density at radius 1 is 1.44 bits per heavy atom. The minimum Gasteiger partial charge on any atom is -0.434 e. The zero-order valence-corrected chi connectivity index (χ0v) is 10.7. The van der Waals surface area contributed by atoms with E-state index < -0.39 is 6.61 Å². The molecule has 0 aliphatic heterocycles. The molecule has 90 valence electrons. The molecule has 2 nitrogen and oxygen atoms in total. The van der Waals surface area contributed by atoms with Gasteiger partial charge in [-0.15, -0.1) is 0 Å². The van der Waals surface area contributed by atoms with Crippen molar-refractivity contribution in [1.82, 2.24) is 0 Å². The standard InChI is InChI=1S/C11H14BrF2NO/c1-6-3-9(12)5-8(4-7(2)15)10(6)16-11(13)14/h3,5,7,11H,4,15H2,1-2H3. The molecule has 0 amide bonds. The van der Waals surface area contributed by atoms with E-state index in [4.69, 9.17) is 5.73 Å². The van der Waals surface area contributed by atoms with Crippen LogP contribution in [0.5, 0.6) is 5.75 Å². The molecule has 1 aromatic carbocycles. The van der Waals surface area contributed by atoms with E-state index in [2.05, 4.69) is 20.7 Å². The fourth-order valence-corrected chi connectivity index (χ4v) is 2.18. The zero-order chi connectivity index (χ0) is 12.3.